The van der Waals surface area contributed by atoms with Crippen molar-refractivity contribution in [3.8, 4) is 0 Å². The Labute approximate surface area is 142 Å². The van der Waals surface area contributed by atoms with E-state index in [2.05, 4.69) is 21.0 Å². The summed E-state index contributed by atoms with van der Waals surface area (Å²) < 4.78 is 8.81. The van der Waals surface area contributed by atoms with E-state index in [9.17, 15) is 5.11 Å². The number of nitrogens with zero attached hydrogens (tertiary/aromatic N) is 2. The molecule has 118 valence electrons. The zero-order valence-corrected chi connectivity index (χ0v) is 14.5. The topological polar surface area (TPSA) is 47.3 Å². The Morgan fingerprint density at radius 2 is 2.32 bits per heavy atom. The van der Waals surface area contributed by atoms with Gasteiger partial charge in [0.15, 0.2) is 6.23 Å². The van der Waals surface area contributed by atoms with Gasteiger partial charge >= 0.3 is 0 Å². The maximum atomic E-state index is 9.32. The number of hydrogen-bond donors (Lipinski definition) is 1. The molecule has 2 aromatic rings. The van der Waals surface area contributed by atoms with E-state index in [4.69, 9.17) is 16.3 Å². The molecule has 6 heteroatoms. The van der Waals surface area contributed by atoms with Gasteiger partial charge < -0.3 is 9.84 Å². The Morgan fingerprint density at radius 1 is 1.45 bits per heavy atom. The highest BCUT2D eigenvalue weighted by Gasteiger charge is 2.40. The first-order valence-electron chi connectivity index (χ1n) is 7.78. The lowest BCUT2D eigenvalue weighted by Crippen LogP contribution is -2.18. The van der Waals surface area contributed by atoms with Crippen molar-refractivity contribution in [2.45, 2.75) is 37.8 Å². The molecule has 1 saturated carbocycles. The largest absolute Gasteiger partial charge is 0.396 e. The Morgan fingerprint density at radius 3 is 3.00 bits per heavy atom. The molecular formula is C16H18BrClN2O2. The minimum absolute atomic E-state index is 0.00572. The van der Waals surface area contributed by atoms with E-state index >= 15 is 0 Å². The summed E-state index contributed by atoms with van der Waals surface area (Å²) in [6.45, 7) is 1.01. The predicted molar refractivity (Wildman–Crippen MR) is 89.2 cm³/mol. The van der Waals surface area contributed by atoms with Gasteiger partial charge in [0.1, 0.15) is 0 Å². The molecule has 1 saturated heterocycles. The average Bonchev–Trinajstić information content (AvgIpc) is 3.18. The molecule has 0 spiro atoms. The van der Waals surface area contributed by atoms with Gasteiger partial charge in [0.25, 0.3) is 0 Å². The Hall–Kier alpha value is -0.620. The number of ether oxygens (including phenoxy) is 1. The third kappa shape index (κ3) is 2.39. The zero-order valence-electron chi connectivity index (χ0n) is 12.1. The van der Waals surface area contributed by atoms with E-state index < -0.39 is 0 Å². The summed E-state index contributed by atoms with van der Waals surface area (Å²) in [5, 5.41) is 15.7. The molecule has 4 rings (SSSR count). The molecule has 4 nitrogen and oxygen atoms in total. The van der Waals surface area contributed by atoms with Gasteiger partial charge in [0, 0.05) is 28.1 Å². The van der Waals surface area contributed by atoms with Crippen molar-refractivity contribution in [3.63, 3.8) is 0 Å². The van der Waals surface area contributed by atoms with E-state index in [-0.39, 0.29) is 12.8 Å². The van der Waals surface area contributed by atoms with Gasteiger partial charge in [-0.25, -0.2) is 4.68 Å². The van der Waals surface area contributed by atoms with Crippen LogP contribution in [-0.2, 0) is 4.74 Å². The molecule has 0 unspecified atom stereocenters. The van der Waals surface area contributed by atoms with Crippen LogP contribution in [0.15, 0.2) is 16.7 Å². The van der Waals surface area contributed by atoms with Crippen LogP contribution in [0, 0.1) is 5.92 Å². The first-order valence-corrected chi connectivity index (χ1v) is 8.95. The van der Waals surface area contributed by atoms with Crippen molar-refractivity contribution in [1.29, 1.82) is 0 Å². The lowest BCUT2D eigenvalue weighted by molar-refractivity contribution is -0.0366. The van der Waals surface area contributed by atoms with Gasteiger partial charge in [0.2, 0.25) is 0 Å². The first kappa shape index (κ1) is 14.9. The van der Waals surface area contributed by atoms with Crippen molar-refractivity contribution >= 4 is 38.4 Å². The van der Waals surface area contributed by atoms with Gasteiger partial charge in [-0.05, 0) is 65.1 Å². The first-order chi connectivity index (χ1) is 10.7. The summed E-state index contributed by atoms with van der Waals surface area (Å²) in [6.07, 6.45) is 6.16. The van der Waals surface area contributed by atoms with Crippen molar-refractivity contribution in [2.75, 3.05) is 13.2 Å². The molecule has 3 atom stereocenters. The highest BCUT2D eigenvalue weighted by Crippen LogP contribution is 2.53. The van der Waals surface area contributed by atoms with Gasteiger partial charge in [-0.2, -0.15) is 5.10 Å². The number of aliphatic hydroxyl groups is 1. The van der Waals surface area contributed by atoms with E-state index in [0.717, 1.165) is 51.8 Å². The molecule has 2 heterocycles. The normalized spacial score (nSPS) is 28.2. The molecule has 1 N–H and O–H groups in total. The lowest BCUT2D eigenvalue weighted by Gasteiger charge is -2.23. The number of aliphatic hydroxyl groups excluding tert-OH is 1. The van der Waals surface area contributed by atoms with Gasteiger partial charge in [-0.3, -0.25) is 0 Å². The Bertz CT molecular complexity index is 712. The molecule has 1 aliphatic heterocycles. The average molecular weight is 386 g/mol. The summed E-state index contributed by atoms with van der Waals surface area (Å²) in [6, 6.07) is 1.99. The number of fused-ring (bicyclic) bond motifs is 1. The number of aromatic nitrogens is 2. The van der Waals surface area contributed by atoms with Crippen LogP contribution in [0.1, 0.15) is 43.4 Å². The molecule has 2 aliphatic rings. The Kier molecular flexibility index (Phi) is 3.93. The summed E-state index contributed by atoms with van der Waals surface area (Å²) in [5.74, 6) is 0.688. The number of halogens is 2. The highest BCUT2D eigenvalue weighted by molar-refractivity contribution is 9.10. The van der Waals surface area contributed by atoms with E-state index in [0.29, 0.717) is 11.8 Å². The fraction of sp³-hybridized carbons (Fsp3) is 0.562. The summed E-state index contributed by atoms with van der Waals surface area (Å²) in [7, 11) is 0. The lowest BCUT2D eigenvalue weighted by atomic mass is 10.1. The summed E-state index contributed by atoms with van der Waals surface area (Å²) in [4.78, 5) is 0. The molecule has 22 heavy (non-hydrogen) atoms. The number of hydrogen-bond acceptors (Lipinski definition) is 3. The maximum Gasteiger partial charge on any atom is 0.150 e. The van der Waals surface area contributed by atoms with Crippen molar-refractivity contribution < 1.29 is 9.84 Å². The van der Waals surface area contributed by atoms with E-state index in [1.165, 1.54) is 6.42 Å². The molecule has 1 aromatic carbocycles. The number of benzene rings is 1. The minimum Gasteiger partial charge on any atom is -0.396 e. The van der Waals surface area contributed by atoms with Crippen LogP contribution in [0.3, 0.4) is 0 Å². The van der Waals surface area contributed by atoms with Crippen LogP contribution in [0.5, 0.6) is 0 Å². The SMILES string of the molecule is OC[C@H]1C[C@H]1c1c(Cl)cc2c(cnn2[C@H]2CCCCO2)c1Br. The molecule has 2 fully saturated rings. The standard InChI is InChI=1S/C16H18BrClN2O2/c17-16-11-7-19-20(14-3-1-2-4-22-14)13(11)6-12(18)15(16)10-5-9(10)8-21/h6-7,9-10,14,21H,1-5,8H2/t9-,10-,14-/m1/s1. The third-order valence-electron chi connectivity index (χ3n) is 4.78. The van der Waals surface area contributed by atoms with Crippen LogP contribution in [0.2, 0.25) is 5.02 Å². The molecule has 1 aromatic heterocycles. The molecule has 0 amide bonds. The summed E-state index contributed by atoms with van der Waals surface area (Å²) in [5.41, 5.74) is 2.12. The third-order valence-corrected chi connectivity index (χ3v) is 5.95. The number of rotatable bonds is 3. The Balaban J connectivity index is 1.77. The van der Waals surface area contributed by atoms with Gasteiger partial charge in [-0.1, -0.05) is 11.6 Å². The highest BCUT2D eigenvalue weighted by atomic mass is 79.9. The molecular weight excluding hydrogens is 368 g/mol. The monoisotopic (exact) mass is 384 g/mol. The predicted octanol–water partition coefficient (Wildman–Crippen LogP) is 4.25. The molecule has 0 radical (unpaired) electrons. The summed E-state index contributed by atoms with van der Waals surface area (Å²) >= 11 is 10.2. The van der Waals surface area contributed by atoms with E-state index in [1.54, 1.807) is 0 Å². The van der Waals surface area contributed by atoms with Crippen LogP contribution in [0.4, 0.5) is 0 Å². The van der Waals surface area contributed by atoms with Crippen LogP contribution >= 0.6 is 27.5 Å². The van der Waals surface area contributed by atoms with Crippen molar-refractivity contribution in [2.24, 2.45) is 5.92 Å². The quantitative estimate of drug-likeness (QED) is 0.859. The van der Waals surface area contributed by atoms with Crippen LogP contribution in [0.25, 0.3) is 10.9 Å². The second-order valence-electron chi connectivity index (χ2n) is 6.21. The molecule has 1 aliphatic carbocycles. The zero-order chi connectivity index (χ0) is 15.3. The van der Waals surface area contributed by atoms with Crippen LogP contribution in [-0.4, -0.2) is 28.1 Å². The maximum absolute atomic E-state index is 9.32. The fourth-order valence-electron chi connectivity index (χ4n) is 3.42. The second kappa shape index (κ2) is 5.78. The minimum atomic E-state index is 0.00572. The second-order valence-corrected chi connectivity index (χ2v) is 7.41. The van der Waals surface area contributed by atoms with Crippen LogP contribution < -0.4 is 0 Å². The van der Waals surface area contributed by atoms with Crippen molar-refractivity contribution in [1.82, 2.24) is 9.78 Å². The fourth-order valence-corrected chi connectivity index (χ4v) is 4.69. The van der Waals surface area contributed by atoms with Gasteiger partial charge in [-0.15, -0.1) is 0 Å². The van der Waals surface area contributed by atoms with E-state index in [1.807, 2.05) is 16.9 Å². The smallest absolute Gasteiger partial charge is 0.150 e. The van der Waals surface area contributed by atoms with Crippen molar-refractivity contribution in [3.05, 3.63) is 27.3 Å². The molecule has 0 bridgehead atoms. The van der Waals surface area contributed by atoms with Gasteiger partial charge in [0.05, 0.1) is 11.7 Å².